The van der Waals surface area contributed by atoms with Crippen LogP contribution in [-0.4, -0.2) is 36.2 Å². The van der Waals surface area contributed by atoms with Gasteiger partial charge in [0.05, 0.1) is 12.6 Å². The molecular formula is C10H20N2O2. The molecule has 4 nitrogen and oxygen atoms in total. The van der Waals surface area contributed by atoms with Crippen molar-refractivity contribution < 1.29 is 9.90 Å². The van der Waals surface area contributed by atoms with Crippen LogP contribution in [0.25, 0.3) is 0 Å². The van der Waals surface area contributed by atoms with Gasteiger partial charge in [-0.3, -0.25) is 4.79 Å². The van der Waals surface area contributed by atoms with Crippen molar-refractivity contribution in [1.82, 2.24) is 10.6 Å². The number of rotatable bonds is 5. The number of nitrogens with one attached hydrogen (secondary N) is 2. The lowest BCUT2D eigenvalue weighted by Gasteiger charge is -2.15. The molecule has 1 saturated carbocycles. The number of carbonyl (C=O) groups excluding carboxylic acids is 1. The maximum Gasteiger partial charge on any atom is 0.233 e. The molecule has 0 aromatic rings. The number of hydrogen-bond donors (Lipinski definition) is 3. The van der Waals surface area contributed by atoms with E-state index in [-0.39, 0.29) is 18.1 Å². The summed E-state index contributed by atoms with van der Waals surface area (Å²) in [5.74, 6) is 0.0194. The minimum atomic E-state index is -0.269. The predicted octanol–water partition coefficient (Wildman–Crippen LogP) is 0.0156. The Kier molecular flexibility index (Phi) is 4.90. The zero-order chi connectivity index (χ0) is 10.4. The molecule has 0 spiro atoms. The SMILES string of the molecule is CCCNC(=O)CNC1CCCC1O. The molecule has 0 saturated heterocycles. The first kappa shape index (κ1) is 11.5. The van der Waals surface area contributed by atoms with Crippen molar-refractivity contribution in [1.29, 1.82) is 0 Å². The fraction of sp³-hybridized carbons (Fsp3) is 0.900. The second kappa shape index (κ2) is 5.98. The Bertz CT molecular complexity index is 185. The van der Waals surface area contributed by atoms with Gasteiger partial charge in [0.2, 0.25) is 5.91 Å². The maximum absolute atomic E-state index is 11.2. The van der Waals surface area contributed by atoms with Crippen molar-refractivity contribution in [2.45, 2.75) is 44.8 Å². The van der Waals surface area contributed by atoms with E-state index in [1.807, 2.05) is 6.92 Å². The first-order valence-corrected chi connectivity index (χ1v) is 5.42. The summed E-state index contributed by atoms with van der Waals surface area (Å²) in [6.07, 6.45) is 3.57. The van der Waals surface area contributed by atoms with Gasteiger partial charge in [0.1, 0.15) is 0 Å². The molecule has 82 valence electrons. The van der Waals surface area contributed by atoms with Gasteiger partial charge in [0.15, 0.2) is 0 Å². The van der Waals surface area contributed by atoms with Gasteiger partial charge in [0, 0.05) is 12.6 Å². The standard InChI is InChI=1S/C10H20N2O2/c1-2-6-11-10(14)7-12-8-4-3-5-9(8)13/h8-9,12-13H,2-7H2,1H3,(H,11,14). The normalized spacial score (nSPS) is 26.4. The lowest BCUT2D eigenvalue weighted by atomic mass is 10.2. The van der Waals surface area contributed by atoms with Gasteiger partial charge in [-0.15, -0.1) is 0 Å². The van der Waals surface area contributed by atoms with Crippen molar-refractivity contribution >= 4 is 5.91 Å². The van der Waals surface area contributed by atoms with Crippen LogP contribution in [0, 0.1) is 0 Å². The van der Waals surface area contributed by atoms with Crippen LogP contribution in [0.4, 0.5) is 0 Å². The smallest absolute Gasteiger partial charge is 0.233 e. The summed E-state index contributed by atoms with van der Waals surface area (Å²) in [4.78, 5) is 11.2. The van der Waals surface area contributed by atoms with Gasteiger partial charge in [0.25, 0.3) is 0 Å². The van der Waals surface area contributed by atoms with E-state index < -0.39 is 0 Å². The third kappa shape index (κ3) is 3.64. The van der Waals surface area contributed by atoms with E-state index in [0.29, 0.717) is 6.54 Å². The zero-order valence-corrected chi connectivity index (χ0v) is 8.75. The molecule has 1 aliphatic carbocycles. The lowest BCUT2D eigenvalue weighted by Crippen LogP contribution is -2.42. The molecule has 1 amide bonds. The Morgan fingerprint density at radius 1 is 1.50 bits per heavy atom. The highest BCUT2D eigenvalue weighted by molar-refractivity contribution is 5.77. The van der Waals surface area contributed by atoms with Gasteiger partial charge in [-0.25, -0.2) is 0 Å². The summed E-state index contributed by atoms with van der Waals surface area (Å²) in [6, 6.07) is 0.113. The van der Waals surface area contributed by atoms with Crippen molar-refractivity contribution in [3.05, 3.63) is 0 Å². The highest BCUT2D eigenvalue weighted by Gasteiger charge is 2.24. The summed E-state index contributed by atoms with van der Waals surface area (Å²) in [5.41, 5.74) is 0. The monoisotopic (exact) mass is 200 g/mol. The zero-order valence-electron chi connectivity index (χ0n) is 8.75. The highest BCUT2D eigenvalue weighted by Crippen LogP contribution is 2.18. The maximum atomic E-state index is 11.2. The molecular weight excluding hydrogens is 180 g/mol. The minimum absolute atomic E-state index is 0.0194. The fourth-order valence-corrected chi connectivity index (χ4v) is 1.73. The van der Waals surface area contributed by atoms with Crippen LogP contribution in [0.1, 0.15) is 32.6 Å². The Morgan fingerprint density at radius 3 is 2.86 bits per heavy atom. The van der Waals surface area contributed by atoms with Crippen molar-refractivity contribution in [2.75, 3.05) is 13.1 Å². The predicted molar refractivity (Wildman–Crippen MR) is 54.9 cm³/mol. The summed E-state index contributed by atoms with van der Waals surface area (Å²) >= 11 is 0. The summed E-state index contributed by atoms with van der Waals surface area (Å²) < 4.78 is 0. The average Bonchev–Trinajstić information content (AvgIpc) is 2.58. The first-order chi connectivity index (χ1) is 6.74. The molecule has 4 heteroatoms. The third-order valence-corrected chi connectivity index (χ3v) is 2.58. The number of aliphatic hydroxyl groups is 1. The van der Waals surface area contributed by atoms with E-state index >= 15 is 0 Å². The van der Waals surface area contributed by atoms with Crippen LogP contribution in [0.2, 0.25) is 0 Å². The molecule has 14 heavy (non-hydrogen) atoms. The molecule has 3 N–H and O–H groups in total. The van der Waals surface area contributed by atoms with Gasteiger partial charge < -0.3 is 15.7 Å². The molecule has 2 unspecified atom stereocenters. The molecule has 0 aromatic carbocycles. The fourth-order valence-electron chi connectivity index (χ4n) is 1.73. The Balaban J connectivity index is 2.10. The van der Waals surface area contributed by atoms with Gasteiger partial charge in [-0.1, -0.05) is 6.92 Å². The van der Waals surface area contributed by atoms with Gasteiger partial charge in [-0.05, 0) is 25.7 Å². The molecule has 1 fully saturated rings. The lowest BCUT2D eigenvalue weighted by molar-refractivity contribution is -0.120. The molecule has 0 bridgehead atoms. The Hall–Kier alpha value is -0.610. The van der Waals surface area contributed by atoms with E-state index in [0.717, 1.165) is 32.2 Å². The van der Waals surface area contributed by atoms with E-state index in [2.05, 4.69) is 10.6 Å². The van der Waals surface area contributed by atoms with Crippen LogP contribution in [0.5, 0.6) is 0 Å². The minimum Gasteiger partial charge on any atom is -0.392 e. The molecule has 1 aliphatic rings. The number of carbonyl (C=O) groups is 1. The number of aliphatic hydroxyl groups excluding tert-OH is 1. The quantitative estimate of drug-likeness (QED) is 0.586. The summed E-state index contributed by atoms with van der Waals surface area (Å²) in [6.45, 7) is 3.07. The van der Waals surface area contributed by atoms with Crippen LogP contribution in [0.3, 0.4) is 0 Å². The molecule has 0 aliphatic heterocycles. The number of amides is 1. The molecule has 2 atom stereocenters. The Labute approximate surface area is 85.1 Å². The van der Waals surface area contributed by atoms with E-state index in [9.17, 15) is 9.90 Å². The molecule has 0 heterocycles. The van der Waals surface area contributed by atoms with Crippen LogP contribution in [0.15, 0.2) is 0 Å². The molecule has 0 radical (unpaired) electrons. The van der Waals surface area contributed by atoms with Crippen LogP contribution >= 0.6 is 0 Å². The second-order valence-corrected chi connectivity index (χ2v) is 3.84. The average molecular weight is 200 g/mol. The topological polar surface area (TPSA) is 61.4 Å². The van der Waals surface area contributed by atoms with E-state index in [1.54, 1.807) is 0 Å². The van der Waals surface area contributed by atoms with Crippen LogP contribution < -0.4 is 10.6 Å². The second-order valence-electron chi connectivity index (χ2n) is 3.84. The number of hydrogen-bond acceptors (Lipinski definition) is 3. The molecule has 1 rings (SSSR count). The van der Waals surface area contributed by atoms with Crippen molar-refractivity contribution in [2.24, 2.45) is 0 Å². The van der Waals surface area contributed by atoms with Gasteiger partial charge in [-0.2, -0.15) is 0 Å². The van der Waals surface area contributed by atoms with Gasteiger partial charge >= 0.3 is 0 Å². The highest BCUT2D eigenvalue weighted by atomic mass is 16.3. The largest absolute Gasteiger partial charge is 0.392 e. The summed E-state index contributed by atoms with van der Waals surface area (Å²) in [5, 5.41) is 15.3. The Morgan fingerprint density at radius 2 is 2.29 bits per heavy atom. The summed E-state index contributed by atoms with van der Waals surface area (Å²) in [7, 11) is 0. The third-order valence-electron chi connectivity index (χ3n) is 2.58. The van der Waals surface area contributed by atoms with E-state index in [4.69, 9.17) is 0 Å². The molecule has 0 aromatic heterocycles. The van der Waals surface area contributed by atoms with Crippen LogP contribution in [-0.2, 0) is 4.79 Å². The van der Waals surface area contributed by atoms with E-state index in [1.165, 1.54) is 0 Å². The first-order valence-electron chi connectivity index (χ1n) is 5.42. The van der Waals surface area contributed by atoms with Crippen molar-refractivity contribution in [3.63, 3.8) is 0 Å². The van der Waals surface area contributed by atoms with Crippen molar-refractivity contribution in [3.8, 4) is 0 Å².